The molecule has 1 fully saturated rings. The van der Waals surface area contributed by atoms with E-state index in [0.717, 1.165) is 17.4 Å². The van der Waals surface area contributed by atoms with Gasteiger partial charge in [0.25, 0.3) is 0 Å². The van der Waals surface area contributed by atoms with Crippen molar-refractivity contribution in [1.29, 1.82) is 5.26 Å². The van der Waals surface area contributed by atoms with E-state index in [2.05, 4.69) is 25.1 Å². The molecule has 0 bridgehead atoms. The third-order valence-electron chi connectivity index (χ3n) is 4.47. The molecule has 0 heterocycles. The Balaban J connectivity index is 1.76. The fourth-order valence-corrected chi connectivity index (χ4v) is 3.05. The summed E-state index contributed by atoms with van der Waals surface area (Å²) in [7, 11) is 0. The highest BCUT2D eigenvalue weighted by molar-refractivity contribution is 5.31. The number of aryl methyl sites for hydroxylation is 1. The van der Waals surface area contributed by atoms with E-state index in [9.17, 15) is 0 Å². The minimum absolute atomic E-state index is 0.766. The van der Waals surface area contributed by atoms with E-state index in [1.807, 2.05) is 12.1 Å². The van der Waals surface area contributed by atoms with Gasteiger partial charge in [-0.2, -0.15) is 5.26 Å². The molecule has 1 nitrogen and oxygen atoms in total. The molecule has 1 aliphatic carbocycles. The minimum atomic E-state index is 0.766. The van der Waals surface area contributed by atoms with Gasteiger partial charge in [-0.25, -0.2) is 0 Å². The van der Waals surface area contributed by atoms with Crippen LogP contribution in [0.4, 0.5) is 0 Å². The zero-order valence-corrected chi connectivity index (χ0v) is 11.4. The van der Waals surface area contributed by atoms with Gasteiger partial charge in [0, 0.05) is 0 Å². The predicted molar refractivity (Wildman–Crippen MR) is 75.2 cm³/mol. The molecule has 0 saturated heterocycles. The summed E-state index contributed by atoms with van der Waals surface area (Å²) < 4.78 is 0. The monoisotopic (exact) mass is 241 g/mol. The van der Waals surface area contributed by atoms with Crippen LogP contribution in [0.5, 0.6) is 0 Å². The average Bonchev–Trinajstić information content (AvgIpc) is 2.46. The Hall–Kier alpha value is -1.29. The maximum atomic E-state index is 8.76. The lowest BCUT2D eigenvalue weighted by atomic mass is 9.78. The Bertz CT molecular complexity index is 391. The fraction of sp³-hybridized carbons (Fsp3) is 0.588. The van der Waals surface area contributed by atoms with Crippen molar-refractivity contribution in [2.24, 2.45) is 11.8 Å². The molecule has 0 radical (unpaired) electrons. The van der Waals surface area contributed by atoms with E-state index in [0.29, 0.717) is 0 Å². The molecule has 1 aromatic carbocycles. The second-order valence-corrected chi connectivity index (χ2v) is 5.64. The summed E-state index contributed by atoms with van der Waals surface area (Å²) >= 11 is 0. The Kier molecular flexibility index (Phi) is 4.81. The molecular weight excluding hydrogens is 218 g/mol. The number of nitriles is 1. The van der Waals surface area contributed by atoms with Crippen molar-refractivity contribution in [3.8, 4) is 6.07 Å². The summed E-state index contributed by atoms with van der Waals surface area (Å²) in [5, 5.41) is 8.76. The third kappa shape index (κ3) is 3.60. The highest BCUT2D eigenvalue weighted by Crippen LogP contribution is 2.33. The van der Waals surface area contributed by atoms with Gasteiger partial charge in [-0.15, -0.1) is 0 Å². The van der Waals surface area contributed by atoms with Crippen molar-refractivity contribution in [2.75, 3.05) is 0 Å². The smallest absolute Gasteiger partial charge is 0.0991 e. The summed E-state index contributed by atoms with van der Waals surface area (Å²) in [6.45, 7) is 2.32. The van der Waals surface area contributed by atoms with Crippen LogP contribution in [0.15, 0.2) is 24.3 Å². The van der Waals surface area contributed by atoms with Crippen LogP contribution in [0.3, 0.4) is 0 Å². The number of benzene rings is 1. The topological polar surface area (TPSA) is 23.8 Å². The van der Waals surface area contributed by atoms with Crippen LogP contribution in [0.1, 0.15) is 56.6 Å². The lowest BCUT2D eigenvalue weighted by Crippen LogP contribution is -2.14. The fourth-order valence-electron chi connectivity index (χ4n) is 3.05. The van der Waals surface area contributed by atoms with Crippen LogP contribution < -0.4 is 0 Å². The van der Waals surface area contributed by atoms with Crippen LogP contribution in [-0.2, 0) is 6.42 Å². The van der Waals surface area contributed by atoms with Crippen molar-refractivity contribution in [3.63, 3.8) is 0 Å². The number of rotatable bonds is 4. The largest absolute Gasteiger partial charge is 0.192 e. The predicted octanol–water partition coefficient (Wildman–Crippen LogP) is 4.71. The lowest BCUT2D eigenvalue weighted by Gasteiger charge is -2.27. The van der Waals surface area contributed by atoms with E-state index in [1.165, 1.54) is 50.5 Å². The minimum Gasteiger partial charge on any atom is -0.192 e. The van der Waals surface area contributed by atoms with Gasteiger partial charge in [0.05, 0.1) is 11.6 Å². The first kappa shape index (κ1) is 13.1. The van der Waals surface area contributed by atoms with Crippen molar-refractivity contribution in [1.82, 2.24) is 0 Å². The molecule has 0 unspecified atom stereocenters. The molecule has 0 aliphatic heterocycles. The molecule has 96 valence electrons. The molecule has 1 saturated carbocycles. The van der Waals surface area contributed by atoms with Crippen molar-refractivity contribution >= 4 is 0 Å². The van der Waals surface area contributed by atoms with Crippen LogP contribution in [-0.4, -0.2) is 0 Å². The number of hydrogen-bond donors (Lipinski definition) is 0. The Morgan fingerprint density at radius 2 is 1.67 bits per heavy atom. The van der Waals surface area contributed by atoms with Crippen LogP contribution in [0.2, 0.25) is 0 Å². The summed E-state index contributed by atoms with van der Waals surface area (Å²) in [4.78, 5) is 0. The molecular formula is C17H23N. The second-order valence-electron chi connectivity index (χ2n) is 5.64. The van der Waals surface area contributed by atoms with Gasteiger partial charge in [-0.1, -0.05) is 51.2 Å². The summed E-state index contributed by atoms with van der Waals surface area (Å²) in [6, 6.07) is 10.3. The maximum absolute atomic E-state index is 8.76. The molecule has 2 rings (SSSR count). The van der Waals surface area contributed by atoms with Gasteiger partial charge >= 0.3 is 0 Å². The van der Waals surface area contributed by atoms with E-state index in [4.69, 9.17) is 5.26 Å². The molecule has 0 amide bonds. The number of nitrogens with zero attached hydrogens (tertiary/aromatic N) is 1. The number of hydrogen-bond acceptors (Lipinski definition) is 1. The highest BCUT2D eigenvalue weighted by Gasteiger charge is 2.19. The van der Waals surface area contributed by atoms with Crippen molar-refractivity contribution in [2.45, 2.75) is 51.9 Å². The summed E-state index contributed by atoms with van der Waals surface area (Å²) in [5.74, 6) is 1.93. The molecule has 0 spiro atoms. The summed E-state index contributed by atoms with van der Waals surface area (Å²) in [5.41, 5.74) is 2.15. The standard InChI is InChI=1S/C17H23N/c1-2-14-3-5-15(6-4-14)7-8-16-9-11-17(13-18)12-10-16/h9-12,14-15H,2-8H2,1H3. The van der Waals surface area contributed by atoms with E-state index in [-0.39, 0.29) is 0 Å². The van der Waals surface area contributed by atoms with E-state index in [1.54, 1.807) is 0 Å². The lowest BCUT2D eigenvalue weighted by molar-refractivity contribution is 0.259. The van der Waals surface area contributed by atoms with Crippen LogP contribution >= 0.6 is 0 Å². The average molecular weight is 241 g/mol. The van der Waals surface area contributed by atoms with Gasteiger partial charge in [0.15, 0.2) is 0 Å². The molecule has 0 aromatic heterocycles. The van der Waals surface area contributed by atoms with E-state index >= 15 is 0 Å². The van der Waals surface area contributed by atoms with Gasteiger partial charge in [0.2, 0.25) is 0 Å². The molecule has 1 aliphatic rings. The van der Waals surface area contributed by atoms with Gasteiger partial charge in [-0.05, 0) is 42.4 Å². The molecule has 18 heavy (non-hydrogen) atoms. The first-order valence-electron chi connectivity index (χ1n) is 7.31. The SMILES string of the molecule is CCC1CCC(CCc2ccc(C#N)cc2)CC1. The zero-order valence-electron chi connectivity index (χ0n) is 11.4. The van der Waals surface area contributed by atoms with Crippen LogP contribution in [0, 0.1) is 23.2 Å². The van der Waals surface area contributed by atoms with Gasteiger partial charge in [0.1, 0.15) is 0 Å². The summed E-state index contributed by atoms with van der Waals surface area (Å²) in [6.07, 6.45) is 9.59. The van der Waals surface area contributed by atoms with E-state index < -0.39 is 0 Å². The normalized spacial score (nSPS) is 23.6. The van der Waals surface area contributed by atoms with Gasteiger partial charge in [-0.3, -0.25) is 0 Å². The first-order valence-corrected chi connectivity index (χ1v) is 7.31. The maximum Gasteiger partial charge on any atom is 0.0991 e. The molecule has 1 aromatic rings. The van der Waals surface area contributed by atoms with Gasteiger partial charge < -0.3 is 0 Å². The second kappa shape index (κ2) is 6.59. The highest BCUT2D eigenvalue weighted by atomic mass is 14.3. The molecule has 0 N–H and O–H groups in total. The molecule has 0 atom stereocenters. The Morgan fingerprint density at radius 3 is 2.22 bits per heavy atom. The first-order chi connectivity index (χ1) is 8.81. The van der Waals surface area contributed by atoms with Crippen molar-refractivity contribution < 1.29 is 0 Å². The Labute approximate surface area is 111 Å². The third-order valence-corrected chi connectivity index (χ3v) is 4.47. The zero-order chi connectivity index (χ0) is 12.8. The van der Waals surface area contributed by atoms with Crippen molar-refractivity contribution in [3.05, 3.63) is 35.4 Å². The van der Waals surface area contributed by atoms with Crippen LogP contribution in [0.25, 0.3) is 0 Å². The quantitative estimate of drug-likeness (QED) is 0.749. The molecule has 1 heteroatoms. The Morgan fingerprint density at radius 1 is 1.06 bits per heavy atom.